The van der Waals surface area contributed by atoms with Crippen LogP contribution in [0.4, 0.5) is 4.39 Å². The number of rotatable bonds is 5. The Hall–Kier alpha value is -1.97. The minimum Gasteiger partial charge on any atom is -0.379 e. The lowest BCUT2D eigenvalue weighted by molar-refractivity contribution is -0.122. The monoisotopic (exact) mass is 406 g/mol. The van der Waals surface area contributed by atoms with Gasteiger partial charge in [-0.3, -0.25) is 19.1 Å². The maximum absolute atomic E-state index is 13.5. The smallest absolute Gasteiger partial charge is 0.261 e. The zero-order chi connectivity index (χ0) is 19.6. The van der Waals surface area contributed by atoms with Crippen molar-refractivity contribution in [3.8, 4) is 0 Å². The van der Waals surface area contributed by atoms with Gasteiger partial charge in [0, 0.05) is 30.9 Å². The van der Waals surface area contributed by atoms with E-state index in [9.17, 15) is 14.0 Å². The van der Waals surface area contributed by atoms with Crippen LogP contribution in [0.15, 0.2) is 29.3 Å². The van der Waals surface area contributed by atoms with Crippen molar-refractivity contribution in [2.75, 3.05) is 44.4 Å². The average Bonchev–Trinajstić information content (AvgIpc) is 3.20. The van der Waals surface area contributed by atoms with Crippen molar-refractivity contribution >= 4 is 28.6 Å². The van der Waals surface area contributed by atoms with Gasteiger partial charge in [-0.1, -0.05) is 0 Å². The lowest BCUT2D eigenvalue weighted by atomic mass is 9.95. The number of nitrogens with zero attached hydrogens (tertiary/aromatic N) is 3. The number of nitrogens with one attached hydrogen (secondary N) is 1. The molecule has 150 valence electrons. The molecule has 4 rings (SSSR count). The quantitative estimate of drug-likeness (QED) is 0.794. The van der Waals surface area contributed by atoms with Crippen molar-refractivity contribution in [2.24, 2.45) is 0 Å². The van der Waals surface area contributed by atoms with Crippen molar-refractivity contribution in [3.05, 3.63) is 40.7 Å². The summed E-state index contributed by atoms with van der Waals surface area (Å²) in [4.78, 5) is 31.6. The Morgan fingerprint density at radius 1 is 1.36 bits per heavy atom. The van der Waals surface area contributed by atoms with Crippen LogP contribution < -0.4 is 10.9 Å². The summed E-state index contributed by atoms with van der Waals surface area (Å²) in [6.07, 6.45) is 2.36. The van der Waals surface area contributed by atoms with Crippen molar-refractivity contribution in [1.82, 2.24) is 19.8 Å². The van der Waals surface area contributed by atoms with Gasteiger partial charge in [0.15, 0.2) is 0 Å². The summed E-state index contributed by atoms with van der Waals surface area (Å²) in [7, 11) is 0. The van der Waals surface area contributed by atoms with Gasteiger partial charge in [0.1, 0.15) is 12.4 Å². The predicted molar refractivity (Wildman–Crippen MR) is 106 cm³/mol. The molecule has 0 aliphatic carbocycles. The van der Waals surface area contributed by atoms with Gasteiger partial charge in [-0.15, -0.1) is 0 Å². The van der Waals surface area contributed by atoms with Crippen LogP contribution in [-0.2, 0) is 16.1 Å². The third kappa shape index (κ3) is 3.92. The topological polar surface area (TPSA) is 76.5 Å². The highest BCUT2D eigenvalue weighted by atomic mass is 32.2. The summed E-state index contributed by atoms with van der Waals surface area (Å²) >= 11 is 1.90. The molecule has 1 atom stereocenters. The standard InChI is InChI=1S/C19H23FN4O3S/c20-14-1-2-16-15(9-14)18(26)23(13-22-16)10-17(25)21-11-19(3-8-28-12-19)24-4-6-27-7-5-24/h1-2,9,13H,3-8,10-12H2,(H,21,25). The van der Waals surface area contributed by atoms with E-state index in [1.54, 1.807) is 0 Å². The number of ether oxygens (including phenoxy) is 1. The Morgan fingerprint density at radius 3 is 2.93 bits per heavy atom. The molecule has 0 spiro atoms. The number of hydrogen-bond acceptors (Lipinski definition) is 6. The molecule has 2 aliphatic heterocycles. The van der Waals surface area contributed by atoms with E-state index in [0.29, 0.717) is 12.1 Å². The van der Waals surface area contributed by atoms with Crippen LogP contribution in [0.5, 0.6) is 0 Å². The molecule has 0 radical (unpaired) electrons. The predicted octanol–water partition coefficient (Wildman–Crippen LogP) is 0.860. The Morgan fingerprint density at radius 2 is 2.18 bits per heavy atom. The number of thioether (sulfide) groups is 1. The second-order valence-electron chi connectivity index (χ2n) is 7.24. The zero-order valence-electron chi connectivity index (χ0n) is 15.5. The molecule has 1 aromatic heterocycles. The Balaban J connectivity index is 1.45. The molecule has 1 unspecified atom stereocenters. The van der Waals surface area contributed by atoms with Gasteiger partial charge in [-0.2, -0.15) is 11.8 Å². The maximum Gasteiger partial charge on any atom is 0.261 e. The third-order valence-electron chi connectivity index (χ3n) is 5.48. The highest BCUT2D eigenvalue weighted by Gasteiger charge is 2.40. The number of carbonyl (C=O) groups is 1. The number of benzene rings is 1. The molecule has 9 heteroatoms. The molecule has 2 saturated heterocycles. The van der Waals surface area contributed by atoms with Crippen LogP contribution in [0.25, 0.3) is 10.9 Å². The minimum absolute atomic E-state index is 0.0557. The molecule has 7 nitrogen and oxygen atoms in total. The molecule has 2 aliphatic rings. The van der Waals surface area contributed by atoms with Crippen LogP contribution in [0, 0.1) is 5.82 Å². The van der Waals surface area contributed by atoms with E-state index in [-0.39, 0.29) is 23.4 Å². The van der Waals surface area contributed by atoms with Crippen LogP contribution in [-0.4, -0.2) is 70.3 Å². The van der Waals surface area contributed by atoms with E-state index in [2.05, 4.69) is 15.2 Å². The van der Waals surface area contributed by atoms with Gasteiger partial charge in [0.25, 0.3) is 5.56 Å². The SMILES string of the molecule is O=C(Cn1cnc2ccc(F)cc2c1=O)NCC1(N2CCOCC2)CCSC1. The van der Waals surface area contributed by atoms with Gasteiger partial charge in [0.2, 0.25) is 5.91 Å². The molecular weight excluding hydrogens is 383 g/mol. The van der Waals surface area contributed by atoms with Crippen LogP contribution >= 0.6 is 11.8 Å². The van der Waals surface area contributed by atoms with Crippen molar-refractivity contribution in [1.29, 1.82) is 0 Å². The van der Waals surface area contributed by atoms with E-state index in [4.69, 9.17) is 4.74 Å². The summed E-state index contributed by atoms with van der Waals surface area (Å²) in [6, 6.07) is 3.87. The van der Waals surface area contributed by atoms with Crippen molar-refractivity contribution in [3.63, 3.8) is 0 Å². The summed E-state index contributed by atoms with van der Waals surface area (Å²) in [6.45, 7) is 3.59. The number of hydrogen-bond donors (Lipinski definition) is 1. The zero-order valence-corrected chi connectivity index (χ0v) is 16.3. The minimum atomic E-state index is -0.500. The molecule has 3 heterocycles. The number of fused-ring (bicyclic) bond motifs is 1. The van der Waals surface area contributed by atoms with E-state index in [1.807, 2.05) is 11.8 Å². The maximum atomic E-state index is 13.5. The Kier molecular flexibility index (Phi) is 5.65. The molecule has 1 N–H and O–H groups in total. The van der Waals surface area contributed by atoms with Crippen LogP contribution in [0.3, 0.4) is 0 Å². The van der Waals surface area contributed by atoms with Crippen LogP contribution in [0.1, 0.15) is 6.42 Å². The van der Waals surface area contributed by atoms with E-state index < -0.39 is 11.4 Å². The fourth-order valence-electron chi connectivity index (χ4n) is 3.85. The highest BCUT2D eigenvalue weighted by molar-refractivity contribution is 7.99. The van der Waals surface area contributed by atoms with Gasteiger partial charge in [0.05, 0.1) is 30.4 Å². The molecule has 2 fully saturated rings. The normalized spacial score (nSPS) is 23.2. The largest absolute Gasteiger partial charge is 0.379 e. The first-order chi connectivity index (χ1) is 13.6. The van der Waals surface area contributed by atoms with Crippen molar-refractivity contribution in [2.45, 2.75) is 18.5 Å². The summed E-state index contributed by atoms with van der Waals surface area (Å²) in [5, 5.41) is 3.17. The van der Waals surface area contributed by atoms with Gasteiger partial charge >= 0.3 is 0 Å². The fourth-order valence-corrected chi connectivity index (χ4v) is 5.33. The number of halogens is 1. The van der Waals surface area contributed by atoms with Gasteiger partial charge in [-0.05, 0) is 30.4 Å². The van der Waals surface area contributed by atoms with Gasteiger partial charge < -0.3 is 10.1 Å². The second-order valence-corrected chi connectivity index (χ2v) is 8.35. The lowest BCUT2D eigenvalue weighted by Crippen LogP contribution is -2.59. The van der Waals surface area contributed by atoms with E-state index >= 15 is 0 Å². The van der Waals surface area contributed by atoms with Gasteiger partial charge in [-0.25, -0.2) is 9.37 Å². The molecule has 0 saturated carbocycles. The molecule has 1 amide bonds. The number of amides is 1. The average molecular weight is 406 g/mol. The van der Waals surface area contributed by atoms with E-state index in [1.165, 1.54) is 23.0 Å². The first kappa shape index (κ1) is 19.4. The first-order valence-corrected chi connectivity index (χ1v) is 10.5. The number of morpholine rings is 1. The first-order valence-electron chi connectivity index (χ1n) is 9.39. The van der Waals surface area contributed by atoms with Crippen molar-refractivity contribution < 1.29 is 13.9 Å². The Bertz CT molecular complexity index is 923. The fraction of sp³-hybridized carbons (Fsp3) is 0.526. The molecular formula is C19H23FN4O3S. The lowest BCUT2D eigenvalue weighted by Gasteiger charge is -2.43. The second kappa shape index (κ2) is 8.18. The Labute approximate surface area is 166 Å². The third-order valence-corrected chi connectivity index (χ3v) is 6.71. The molecule has 2 aromatic rings. The molecule has 28 heavy (non-hydrogen) atoms. The summed E-state index contributed by atoms with van der Waals surface area (Å²) < 4.78 is 20.1. The summed E-state index contributed by atoms with van der Waals surface area (Å²) in [5.41, 5.74) is -0.0592. The number of carbonyl (C=O) groups excluding carboxylic acids is 1. The summed E-state index contributed by atoms with van der Waals surface area (Å²) in [5.74, 6) is 1.31. The number of aromatic nitrogens is 2. The molecule has 0 bridgehead atoms. The van der Waals surface area contributed by atoms with E-state index in [0.717, 1.165) is 50.3 Å². The highest BCUT2D eigenvalue weighted by Crippen LogP contribution is 2.33. The van der Waals surface area contributed by atoms with Crippen LogP contribution in [0.2, 0.25) is 0 Å². The molecule has 1 aromatic carbocycles.